The number of aromatic amines is 3. The summed E-state index contributed by atoms with van der Waals surface area (Å²) in [6, 6.07) is 15.8. The molecule has 0 saturated carbocycles. The summed E-state index contributed by atoms with van der Waals surface area (Å²) in [6.45, 7) is 2.50. The van der Waals surface area contributed by atoms with Gasteiger partial charge in [0, 0.05) is 42.3 Å². The molecule has 0 aliphatic heterocycles. The zero-order valence-electron chi connectivity index (χ0n) is 44.2. The normalized spacial score (nSPS) is 9.93. The number of nitrogens with one attached hydrogen (secondary N) is 3. The molecule has 0 aliphatic rings. The number of benzene rings is 5. The van der Waals surface area contributed by atoms with E-state index < -0.39 is 22.3 Å². The highest BCUT2D eigenvalue weighted by molar-refractivity contribution is 8.26. The standard InChI is InChI=1S/C10H9ClN2O.C10H10N2O3.C10H10N2O2.C9H8N2O3.C9H11NO4.CH3F.2CO2.Cl2OS.3H2/c1-6-2-8-9(3-7(6)4-14)12-5-13-10(8)11;13-3-6-1-8-9(2-7(6)4-14)11-5-12-10(8)15;1-6-2-8-9(3-7(6)4-13)11-5-12-10(8)14;12-3-5-1-7-6(2-8(5)13)9(14)11-4-10-7;10-8-2-6(4-12)5(3-11)1-7(8)9(13)14;1-2;2*2-1-3;1-4(2)3;;;/h2-3,5,14H,4H2,1H3;1-2,5,13-14H,3-4H2,(H,11,12,15);2-3,5,13H,4H2,1H3,(H,11,12,14);1-2,4,12-13H,3H2,(H,10,11,14);1-2,11-12H,3-4,10H2,(H,13,14);1H3;;;;3*1H/i;;;;;1D;;;;3*1+1. The molecule has 83 heavy (non-hydrogen) atoms. The molecule has 32 heteroatoms. The fraction of sp³-hybridized carbons (Fsp3) is 0.196. The lowest BCUT2D eigenvalue weighted by molar-refractivity contribution is -0.193. The van der Waals surface area contributed by atoms with Crippen LogP contribution in [-0.2, 0) is 74.7 Å². The number of fused-ring (bicyclic) bond motifs is 4. The Kier molecular flexibility index (Phi) is 32.4. The second-order valence-corrected chi connectivity index (χ2v) is 18.4. The zero-order chi connectivity index (χ0) is 63.6. The lowest BCUT2D eigenvalue weighted by atomic mass is 10.0. The number of hydrogen-bond donors (Lipinski definition) is 13. The van der Waals surface area contributed by atoms with Crippen molar-refractivity contribution in [1.29, 1.82) is 0 Å². The molecule has 9 rings (SSSR count). The average molecular weight is 1250 g/mol. The van der Waals surface area contributed by atoms with Gasteiger partial charge in [-0.15, -0.1) is 0 Å². The predicted octanol–water partition coefficient (Wildman–Crippen LogP) is 3.99. The Hall–Kier alpha value is -8.64. The van der Waals surface area contributed by atoms with Crippen LogP contribution in [-0.4, -0.2) is 115 Å². The minimum atomic E-state index is -1.67. The lowest BCUT2D eigenvalue weighted by Crippen LogP contribution is -2.08. The number of carboxylic acids is 1. The fourth-order valence-electron chi connectivity index (χ4n) is 6.79. The van der Waals surface area contributed by atoms with Gasteiger partial charge in [0.1, 0.15) is 17.2 Å². The number of carboxylic acid groups (broad SMARTS) is 1. The first kappa shape index (κ1) is 70.5. The maximum Gasteiger partial charge on any atom is 0.373 e. The van der Waals surface area contributed by atoms with Gasteiger partial charge in [0.2, 0.25) is 9.23 Å². The molecule has 0 saturated heterocycles. The third-order valence-electron chi connectivity index (χ3n) is 10.7. The number of aromatic hydroxyl groups is 1. The van der Waals surface area contributed by atoms with Gasteiger partial charge in [-0.25, -0.2) is 33.9 Å². The molecule has 448 valence electrons. The van der Waals surface area contributed by atoms with Gasteiger partial charge in [-0.3, -0.25) is 18.8 Å². The number of anilines is 1. The van der Waals surface area contributed by atoms with Crippen LogP contribution in [0.1, 0.15) is 66.1 Å². The molecule has 0 fully saturated rings. The maximum atomic E-state index is 11.4. The monoisotopic (exact) mass is 1240 g/mol. The number of halogens is 4. The van der Waals surface area contributed by atoms with Crippen molar-refractivity contribution in [2.75, 3.05) is 12.9 Å². The van der Waals surface area contributed by atoms with Crippen LogP contribution in [0.2, 0.25) is 5.15 Å². The topological polar surface area (TPSA) is 474 Å². The summed E-state index contributed by atoms with van der Waals surface area (Å²) >= 11 is 5.91. The quantitative estimate of drug-likeness (QED) is 0.0581. The summed E-state index contributed by atoms with van der Waals surface area (Å²) in [5.74, 6) is -1.25. The number of carbonyl (C=O) groups excluding carboxylic acids is 4. The number of nitrogens with two attached hydrogens (primary N) is 1. The lowest BCUT2D eigenvalue weighted by Gasteiger charge is -2.08. The summed E-state index contributed by atoms with van der Waals surface area (Å²) in [4.78, 5) is 104. The number of carbonyl (C=O) groups is 1. The SMILES string of the molecule is Cc1cc2c(=O)[nH]cnc2cc1CO.Cc1cc2c(Cl)ncnc2cc1CO.Nc1cc(CO)c(CO)cc1C(=O)O.O=C=O.O=C=O.O=S(Cl)Cl.O=c1[nH]cnc2cc(CO)c(CO)cc12.O=c1[nH]cnc2cc(CO)c(O)cc12.[2HH].[2HH].[2HH].[2H]CF. The van der Waals surface area contributed by atoms with Gasteiger partial charge < -0.3 is 66.6 Å². The Morgan fingerprint density at radius 2 is 0.892 bits per heavy atom. The average Bonchev–Trinajstić information content (AvgIpc) is 3.46. The summed E-state index contributed by atoms with van der Waals surface area (Å²) < 4.78 is 24.6. The van der Waals surface area contributed by atoms with Crippen molar-refractivity contribution in [2.45, 2.75) is 60.1 Å². The number of aryl methyl sites for hydroxylation is 2. The summed E-state index contributed by atoms with van der Waals surface area (Å²) in [7, 11) is 6.36. The Bertz CT molecular complexity index is 3810. The van der Waals surface area contributed by atoms with Crippen molar-refractivity contribution in [2.24, 2.45) is 0 Å². The summed E-state index contributed by atoms with van der Waals surface area (Å²) in [5, 5.41) is 83.5. The number of nitrogens with zero attached hydrogens (tertiary/aromatic N) is 5. The highest BCUT2D eigenvalue weighted by atomic mass is 36.0. The van der Waals surface area contributed by atoms with E-state index in [1.165, 1.54) is 49.6 Å². The van der Waals surface area contributed by atoms with Crippen molar-refractivity contribution >= 4 is 110 Å². The second kappa shape index (κ2) is 38.1. The van der Waals surface area contributed by atoms with Crippen LogP contribution in [0.4, 0.5) is 10.1 Å². The van der Waals surface area contributed by atoms with Gasteiger partial charge in [-0.2, -0.15) is 19.2 Å². The number of alkyl halides is 1. The van der Waals surface area contributed by atoms with Crippen molar-refractivity contribution < 1.29 is 84.2 Å². The molecule has 27 nitrogen and oxygen atoms in total. The van der Waals surface area contributed by atoms with E-state index in [0.29, 0.717) is 65.7 Å². The molecule has 9 aromatic rings. The van der Waals surface area contributed by atoms with Crippen LogP contribution < -0.4 is 22.4 Å². The highest BCUT2D eigenvalue weighted by Crippen LogP contribution is 2.24. The van der Waals surface area contributed by atoms with E-state index in [2.05, 4.69) is 61.2 Å². The van der Waals surface area contributed by atoms with Crippen molar-refractivity contribution in [3.63, 3.8) is 0 Å². The van der Waals surface area contributed by atoms with Crippen LogP contribution in [0, 0.1) is 13.8 Å². The van der Waals surface area contributed by atoms with E-state index in [-0.39, 0.29) is 96.5 Å². The Morgan fingerprint density at radius 1 is 0.578 bits per heavy atom. The number of nitrogen functional groups attached to an aromatic ring is 1. The van der Waals surface area contributed by atoms with E-state index in [4.69, 9.17) is 82.9 Å². The van der Waals surface area contributed by atoms with E-state index in [1.807, 2.05) is 26.0 Å². The first-order valence-electron chi connectivity index (χ1n) is 23.2. The summed E-state index contributed by atoms with van der Waals surface area (Å²) in [5.41, 5.74) is 13.0. The van der Waals surface area contributed by atoms with Crippen LogP contribution in [0.3, 0.4) is 0 Å². The van der Waals surface area contributed by atoms with Crippen molar-refractivity contribution in [3.05, 3.63) is 178 Å². The maximum absolute atomic E-state index is 11.4. The zero-order valence-corrected chi connectivity index (χ0v) is 46.3. The molecule has 14 N–H and O–H groups in total. The molecule has 0 bridgehead atoms. The summed E-state index contributed by atoms with van der Waals surface area (Å²) in [6.07, 6.45) is 5.87. The van der Waals surface area contributed by atoms with Gasteiger partial charge in [0.15, 0.2) is 0 Å². The molecular formula is C51H57Cl3FN9O18S. The molecule has 5 aromatic carbocycles. The minimum absolute atomic E-state index is 0. The van der Waals surface area contributed by atoms with Crippen LogP contribution in [0.25, 0.3) is 43.6 Å². The predicted molar refractivity (Wildman–Crippen MR) is 305 cm³/mol. The van der Waals surface area contributed by atoms with E-state index in [1.54, 1.807) is 24.3 Å². The van der Waals surface area contributed by atoms with Gasteiger partial charge >= 0.3 is 18.3 Å². The molecule has 0 atom stereocenters. The number of hydrogen-bond acceptors (Lipinski definition) is 23. The van der Waals surface area contributed by atoms with E-state index >= 15 is 0 Å². The Morgan fingerprint density at radius 3 is 1.29 bits per heavy atom. The fourth-order valence-corrected chi connectivity index (χ4v) is 6.98. The van der Waals surface area contributed by atoms with Crippen LogP contribution in [0.5, 0.6) is 5.75 Å². The first-order valence-corrected chi connectivity index (χ1v) is 25.7. The molecule has 0 unspecified atom stereocenters. The number of phenols is 1. The smallest absolute Gasteiger partial charge is 0.373 e. The molecular weight excluding hydrogens is 1180 g/mol. The number of rotatable bonds is 8. The van der Waals surface area contributed by atoms with Crippen molar-refractivity contribution in [1.82, 2.24) is 39.9 Å². The number of H-pyrrole nitrogens is 3. The number of aromatic nitrogens is 8. The largest absolute Gasteiger partial charge is 0.508 e. The van der Waals surface area contributed by atoms with E-state index in [9.17, 15) is 28.7 Å². The van der Waals surface area contributed by atoms with Gasteiger partial charge in [-0.05, 0) is 119 Å². The van der Waals surface area contributed by atoms with Crippen LogP contribution in [0.15, 0.2) is 100 Å². The third kappa shape index (κ3) is 22.3. The molecule has 4 aromatic heterocycles. The highest BCUT2D eigenvalue weighted by Gasteiger charge is 2.13. The minimum Gasteiger partial charge on any atom is -0.508 e. The van der Waals surface area contributed by atoms with E-state index in [0.717, 1.165) is 33.2 Å². The third-order valence-corrected chi connectivity index (χ3v) is 11.0. The Labute approximate surface area is 488 Å². The van der Waals surface area contributed by atoms with Gasteiger partial charge in [0.05, 0.1) is 118 Å². The van der Waals surface area contributed by atoms with Gasteiger partial charge in [0.25, 0.3) is 16.7 Å². The van der Waals surface area contributed by atoms with Gasteiger partial charge in [-0.1, -0.05) is 11.6 Å². The first-order chi connectivity index (χ1) is 40.0. The Balaban J connectivity index is -0.000000956. The second-order valence-electron chi connectivity index (χ2n) is 15.6. The molecule has 0 spiro atoms. The molecule has 0 radical (unpaired) electrons. The van der Waals surface area contributed by atoms with Crippen LogP contribution >= 0.6 is 33.0 Å². The molecule has 0 amide bonds. The molecule has 4 heterocycles. The number of aromatic carboxylic acids is 1. The molecule has 0 aliphatic carbocycles. The number of aliphatic hydroxyl groups is 7. The van der Waals surface area contributed by atoms with Crippen molar-refractivity contribution in [3.8, 4) is 5.75 Å². The number of aliphatic hydroxyl groups excluding tert-OH is 7.